The van der Waals surface area contributed by atoms with Crippen molar-refractivity contribution in [3.8, 4) is 0 Å². The van der Waals surface area contributed by atoms with Gasteiger partial charge in [-0.25, -0.2) is 0 Å². The molecule has 0 aromatic carbocycles. The fraction of sp³-hybridized carbons (Fsp3) is 0.800. The maximum Gasteiger partial charge on any atom is 0.313 e. The Bertz CT molecular complexity index is 240. The van der Waals surface area contributed by atoms with Crippen molar-refractivity contribution in [1.29, 1.82) is 0 Å². The molecule has 1 heterocycles. The number of ketones is 1. The first-order valence-electron chi connectivity index (χ1n) is 4.97. The summed E-state index contributed by atoms with van der Waals surface area (Å²) in [6.07, 6.45) is 1.82. The molecular formula is C10H17NO3. The second-order valence-electron chi connectivity index (χ2n) is 4.06. The van der Waals surface area contributed by atoms with Crippen LogP contribution in [0.5, 0.6) is 0 Å². The van der Waals surface area contributed by atoms with Crippen LogP contribution in [0.4, 0.5) is 0 Å². The van der Waals surface area contributed by atoms with Crippen molar-refractivity contribution in [2.24, 2.45) is 11.8 Å². The fourth-order valence-corrected chi connectivity index (χ4v) is 1.87. The first kappa shape index (κ1) is 11.2. The molecule has 0 radical (unpaired) electrons. The maximum absolute atomic E-state index is 11.7. The number of carboxylic acid groups (broad SMARTS) is 1. The molecular weight excluding hydrogens is 182 g/mol. The summed E-state index contributed by atoms with van der Waals surface area (Å²) < 4.78 is 0. The Balaban J connectivity index is 2.55. The third-order valence-electron chi connectivity index (χ3n) is 2.82. The molecule has 2 atom stereocenters. The van der Waals surface area contributed by atoms with E-state index in [1.54, 1.807) is 0 Å². The second-order valence-corrected chi connectivity index (χ2v) is 4.06. The molecule has 1 aliphatic rings. The number of Topliss-reactive ketones (excluding diaryl/α,β-unsaturated/α-hetero) is 1. The van der Waals surface area contributed by atoms with E-state index in [0.29, 0.717) is 6.54 Å². The highest BCUT2D eigenvalue weighted by atomic mass is 16.4. The second kappa shape index (κ2) is 4.55. The number of likely N-dealkylation sites (tertiary alicyclic amines) is 1. The van der Waals surface area contributed by atoms with E-state index < -0.39 is 11.9 Å². The van der Waals surface area contributed by atoms with Gasteiger partial charge in [0.2, 0.25) is 0 Å². The smallest absolute Gasteiger partial charge is 0.313 e. The van der Waals surface area contributed by atoms with Gasteiger partial charge in [0.25, 0.3) is 0 Å². The van der Waals surface area contributed by atoms with Crippen LogP contribution in [-0.2, 0) is 9.59 Å². The molecule has 0 spiro atoms. The van der Waals surface area contributed by atoms with Gasteiger partial charge >= 0.3 is 5.97 Å². The quantitative estimate of drug-likeness (QED) is 0.677. The predicted molar refractivity (Wildman–Crippen MR) is 52.0 cm³/mol. The number of rotatable bonds is 3. The molecule has 0 bridgehead atoms. The van der Waals surface area contributed by atoms with Gasteiger partial charge in [0.1, 0.15) is 5.92 Å². The zero-order chi connectivity index (χ0) is 10.7. The summed E-state index contributed by atoms with van der Waals surface area (Å²) in [5.41, 5.74) is 0. The third-order valence-corrected chi connectivity index (χ3v) is 2.82. The van der Waals surface area contributed by atoms with Gasteiger partial charge < -0.3 is 10.0 Å². The van der Waals surface area contributed by atoms with Gasteiger partial charge in [-0.3, -0.25) is 9.59 Å². The molecule has 80 valence electrons. The number of piperidine rings is 1. The zero-order valence-electron chi connectivity index (χ0n) is 8.69. The topological polar surface area (TPSA) is 57.6 Å². The average Bonchev–Trinajstić information content (AvgIpc) is 2.15. The third kappa shape index (κ3) is 2.54. The molecule has 1 N–H and O–H groups in total. The van der Waals surface area contributed by atoms with Crippen LogP contribution in [0.15, 0.2) is 0 Å². The summed E-state index contributed by atoms with van der Waals surface area (Å²) in [5, 5.41) is 8.71. The lowest BCUT2D eigenvalue weighted by Gasteiger charge is -2.29. The molecule has 4 heteroatoms. The number of hydrogen-bond acceptors (Lipinski definition) is 3. The molecule has 14 heavy (non-hydrogen) atoms. The molecule has 1 fully saturated rings. The van der Waals surface area contributed by atoms with E-state index in [9.17, 15) is 9.59 Å². The van der Waals surface area contributed by atoms with Crippen LogP contribution in [0.3, 0.4) is 0 Å². The summed E-state index contributed by atoms with van der Waals surface area (Å²) in [4.78, 5) is 24.4. The van der Waals surface area contributed by atoms with Gasteiger partial charge in [0, 0.05) is 12.5 Å². The molecule has 0 aromatic heterocycles. The van der Waals surface area contributed by atoms with Gasteiger partial charge in [0.15, 0.2) is 5.78 Å². The fourth-order valence-electron chi connectivity index (χ4n) is 1.87. The highest BCUT2D eigenvalue weighted by Crippen LogP contribution is 2.19. The minimum atomic E-state index is -1.01. The van der Waals surface area contributed by atoms with Crippen LogP contribution in [0.1, 0.15) is 19.8 Å². The molecule has 1 rings (SSSR count). The Morgan fingerprint density at radius 3 is 2.64 bits per heavy atom. The molecule has 0 saturated carbocycles. The van der Waals surface area contributed by atoms with E-state index in [2.05, 4.69) is 4.90 Å². The largest absolute Gasteiger partial charge is 0.481 e. The van der Waals surface area contributed by atoms with Gasteiger partial charge in [-0.2, -0.15) is 0 Å². The van der Waals surface area contributed by atoms with Crippen LogP contribution >= 0.6 is 0 Å². The average molecular weight is 199 g/mol. The monoisotopic (exact) mass is 199 g/mol. The first-order valence-corrected chi connectivity index (χ1v) is 4.97. The lowest BCUT2D eigenvalue weighted by atomic mass is 9.88. The van der Waals surface area contributed by atoms with Gasteiger partial charge in [-0.15, -0.1) is 0 Å². The number of carboxylic acids is 1. The lowest BCUT2D eigenvalue weighted by molar-refractivity contribution is -0.147. The molecule has 4 nitrogen and oxygen atoms in total. The molecule has 2 unspecified atom stereocenters. The standard InChI is InChI=1S/C10H17NO3/c1-7(10(13)14)9(12)8-4-3-5-11(2)6-8/h7-8H,3-6H2,1-2H3,(H,13,14). The van der Waals surface area contributed by atoms with Crippen LogP contribution in [-0.4, -0.2) is 41.9 Å². The van der Waals surface area contributed by atoms with Crippen LogP contribution < -0.4 is 0 Å². The minimum Gasteiger partial charge on any atom is -0.481 e. The Labute approximate surface area is 83.9 Å². The van der Waals surface area contributed by atoms with Crippen LogP contribution in [0.25, 0.3) is 0 Å². The Morgan fingerprint density at radius 1 is 1.50 bits per heavy atom. The van der Waals surface area contributed by atoms with E-state index in [-0.39, 0.29) is 11.7 Å². The summed E-state index contributed by atoms with van der Waals surface area (Å²) in [5.74, 6) is -2.07. The molecule has 0 aliphatic carbocycles. The van der Waals surface area contributed by atoms with Crippen LogP contribution in [0, 0.1) is 11.8 Å². The number of aliphatic carboxylic acids is 1. The van der Waals surface area contributed by atoms with Crippen molar-refractivity contribution in [3.05, 3.63) is 0 Å². The highest BCUT2D eigenvalue weighted by molar-refractivity contribution is 5.99. The Kier molecular flexibility index (Phi) is 3.63. The van der Waals surface area contributed by atoms with Gasteiger partial charge in [-0.1, -0.05) is 0 Å². The minimum absolute atomic E-state index is 0.0835. The summed E-state index contributed by atoms with van der Waals surface area (Å²) in [6.45, 7) is 3.18. The number of carbonyl (C=O) groups is 2. The van der Waals surface area contributed by atoms with Crippen molar-refractivity contribution < 1.29 is 14.7 Å². The molecule has 1 saturated heterocycles. The first-order chi connectivity index (χ1) is 6.52. The summed E-state index contributed by atoms with van der Waals surface area (Å²) in [6, 6.07) is 0. The summed E-state index contributed by atoms with van der Waals surface area (Å²) >= 11 is 0. The van der Waals surface area contributed by atoms with Crippen LogP contribution in [0.2, 0.25) is 0 Å². The number of nitrogens with zero attached hydrogens (tertiary/aromatic N) is 1. The predicted octanol–water partition coefficient (Wildman–Crippen LogP) is 0.618. The molecule has 0 aromatic rings. The van der Waals surface area contributed by atoms with E-state index in [4.69, 9.17) is 5.11 Å². The Morgan fingerprint density at radius 2 is 2.14 bits per heavy atom. The van der Waals surface area contributed by atoms with E-state index in [1.165, 1.54) is 6.92 Å². The van der Waals surface area contributed by atoms with Gasteiger partial charge in [0.05, 0.1) is 0 Å². The van der Waals surface area contributed by atoms with Gasteiger partial charge in [-0.05, 0) is 33.4 Å². The Hall–Kier alpha value is -0.900. The van der Waals surface area contributed by atoms with Crippen molar-refractivity contribution in [2.45, 2.75) is 19.8 Å². The lowest BCUT2D eigenvalue weighted by Crippen LogP contribution is -2.39. The van der Waals surface area contributed by atoms with E-state index in [0.717, 1.165) is 19.4 Å². The van der Waals surface area contributed by atoms with E-state index >= 15 is 0 Å². The van der Waals surface area contributed by atoms with E-state index in [1.807, 2.05) is 7.05 Å². The van der Waals surface area contributed by atoms with Crippen molar-refractivity contribution in [1.82, 2.24) is 4.90 Å². The molecule has 0 amide bonds. The SMILES string of the molecule is CC(C(=O)O)C(=O)C1CCCN(C)C1. The van der Waals surface area contributed by atoms with Crippen molar-refractivity contribution in [2.75, 3.05) is 20.1 Å². The maximum atomic E-state index is 11.7. The van der Waals surface area contributed by atoms with Crippen molar-refractivity contribution in [3.63, 3.8) is 0 Å². The number of carbonyl (C=O) groups excluding carboxylic acids is 1. The molecule has 1 aliphatic heterocycles. The number of hydrogen-bond donors (Lipinski definition) is 1. The van der Waals surface area contributed by atoms with Crippen molar-refractivity contribution >= 4 is 11.8 Å². The highest BCUT2D eigenvalue weighted by Gasteiger charge is 2.30. The zero-order valence-corrected chi connectivity index (χ0v) is 8.69. The normalized spacial score (nSPS) is 25.7. The summed E-state index contributed by atoms with van der Waals surface area (Å²) in [7, 11) is 1.96.